The van der Waals surface area contributed by atoms with Crippen LogP contribution in [0, 0.1) is 11.8 Å². The topological polar surface area (TPSA) is 89.9 Å². The molecule has 1 aliphatic heterocycles. The van der Waals surface area contributed by atoms with Gasteiger partial charge >= 0.3 is 12.0 Å². The Kier molecular flexibility index (Phi) is 6.08. The number of aliphatic hydroxyl groups excluding tert-OH is 1. The van der Waals surface area contributed by atoms with E-state index in [-0.39, 0.29) is 0 Å². The molecule has 1 aliphatic rings. The third kappa shape index (κ3) is 4.70. The van der Waals surface area contributed by atoms with Crippen molar-refractivity contribution in [2.24, 2.45) is 11.8 Å². The number of nitrogens with zero attached hydrogens (tertiary/aromatic N) is 1. The molecular formula is C13H24N2O4. The van der Waals surface area contributed by atoms with E-state index in [1.165, 1.54) is 0 Å². The average Bonchev–Trinajstić information content (AvgIpc) is 2.60. The number of likely N-dealkylation sites (tertiary alicyclic amines) is 1. The number of amides is 2. The van der Waals surface area contributed by atoms with Crippen LogP contribution in [-0.2, 0) is 4.79 Å². The number of aliphatic hydroxyl groups is 1. The molecule has 1 heterocycles. The van der Waals surface area contributed by atoms with Gasteiger partial charge in [0.2, 0.25) is 0 Å². The molecular weight excluding hydrogens is 248 g/mol. The molecule has 2 amide bonds. The monoisotopic (exact) mass is 272 g/mol. The largest absolute Gasteiger partial charge is 0.480 e. The second-order valence-electron chi connectivity index (χ2n) is 5.44. The fraction of sp³-hybridized carbons (Fsp3) is 0.846. The molecule has 1 fully saturated rings. The number of carboxylic acid groups (broad SMARTS) is 1. The van der Waals surface area contributed by atoms with Gasteiger partial charge in [0, 0.05) is 13.1 Å². The SMILES string of the molecule is CC(C)C1CCCN(C(=O)NC(CO)C(=O)O)CC1. The van der Waals surface area contributed by atoms with Gasteiger partial charge in [-0.3, -0.25) is 0 Å². The molecule has 0 bridgehead atoms. The lowest BCUT2D eigenvalue weighted by atomic mass is 9.89. The Morgan fingerprint density at radius 1 is 1.32 bits per heavy atom. The summed E-state index contributed by atoms with van der Waals surface area (Å²) in [4.78, 5) is 24.4. The first-order valence-corrected chi connectivity index (χ1v) is 6.84. The van der Waals surface area contributed by atoms with Crippen molar-refractivity contribution in [3.8, 4) is 0 Å². The minimum Gasteiger partial charge on any atom is -0.480 e. The highest BCUT2D eigenvalue weighted by molar-refractivity contribution is 5.82. The number of hydrogen-bond acceptors (Lipinski definition) is 3. The summed E-state index contributed by atoms with van der Waals surface area (Å²) in [6.07, 6.45) is 2.99. The maximum absolute atomic E-state index is 11.9. The van der Waals surface area contributed by atoms with Crippen LogP contribution in [0.4, 0.5) is 4.79 Å². The van der Waals surface area contributed by atoms with Gasteiger partial charge < -0.3 is 20.4 Å². The van der Waals surface area contributed by atoms with Crippen LogP contribution in [0.15, 0.2) is 0 Å². The third-order valence-electron chi connectivity index (χ3n) is 3.78. The van der Waals surface area contributed by atoms with Crippen molar-refractivity contribution < 1.29 is 19.8 Å². The summed E-state index contributed by atoms with van der Waals surface area (Å²) < 4.78 is 0. The molecule has 2 atom stereocenters. The van der Waals surface area contributed by atoms with E-state index in [9.17, 15) is 9.59 Å². The van der Waals surface area contributed by atoms with E-state index in [4.69, 9.17) is 10.2 Å². The molecule has 110 valence electrons. The highest BCUT2D eigenvalue weighted by Gasteiger charge is 2.25. The molecule has 1 saturated heterocycles. The summed E-state index contributed by atoms with van der Waals surface area (Å²) in [6, 6.07) is -1.62. The Bertz CT molecular complexity index is 320. The van der Waals surface area contributed by atoms with Crippen LogP contribution in [-0.4, -0.2) is 52.9 Å². The third-order valence-corrected chi connectivity index (χ3v) is 3.78. The van der Waals surface area contributed by atoms with Crippen molar-refractivity contribution in [2.75, 3.05) is 19.7 Å². The second kappa shape index (κ2) is 7.33. The van der Waals surface area contributed by atoms with Gasteiger partial charge in [-0.15, -0.1) is 0 Å². The van der Waals surface area contributed by atoms with Crippen molar-refractivity contribution in [1.29, 1.82) is 0 Å². The molecule has 0 spiro atoms. The number of hydrogen-bond donors (Lipinski definition) is 3. The zero-order valence-electron chi connectivity index (χ0n) is 11.6. The fourth-order valence-electron chi connectivity index (χ4n) is 2.42. The number of carbonyl (C=O) groups is 2. The normalized spacial score (nSPS) is 21.9. The lowest BCUT2D eigenvalue weighted by molar-refractivity contribution is -0.140. The molecule has 19 heavy (non-hydrogen) atoms. The smallest absolute Gasteiger partial charge is 0.328 e. The minimum absolute atomic E-state index is 0.397. The first-order chi connectivity index (χ1) is 8.95. The molecule has 0 aliphatic carbocycles. The van der Waals surface area contributed by atoms with Gasteiger partial charge in [-0.1, -0.05) is 13.8 Å². The van der Waals surface area contributed by atoms with Gasteiger partial charge in [-0.05, 0) is 31.1 Å². The highest BCUT2D eigenvalue weighted by Crippen LogP contribution is 2.24. The summed E-state index contributed by atoms with van der Waals surface area (Å²) in [5.74, 6) is 0.00358. The van der Waals surface area contributed by atoms with Crippen molar-refractivity contribution in [2.45, 2.75) is 39.2 Å². The molecule has 0 saturated carbocycles. The average molecular weight is 272 g/mol. The van der Waals surface area contributed by atoms with E-state index in [0.717, 1.165) is 19.3 Å². The standard InChI is InChI=1S/C13H24N2O4/c1-9(2)10-4-3-6-15(7-5-10)13(19)14-11(8-16)12(17)18/h9-11,16H,3-8H2,1-2H3,(H,14,19)(H,17,18). The van der Waals surface area contributed by atoms with Crippen molar-refractivity contribution in [3.63, 3.8) is 0 Å². The van der Waals surface area contributed by atoms with Gasteiger partial charge in [-0.2, -0.15) is 0 Å². The summed E-state index contributed by atoms with van der Waals surface area (Å²) in [6.45, 7) is 5.07. The first-order valence-electron chi connectivity index (χ1n) is 6.84. The van der Waals surface area contributed by atoms with E-state index >= 15 is 0 Å². The van der Waals surface area contributed by atoms with Crippen LogP contribution >= 0.6 is 0 Å². The van der Waals surface area contributed by atoms with Crippen LogP contribution < -0.4 is 5.32 Å². The Morgan fingerprint density at radius 3 is 2.53 bits per heavy atom. The van der Waals surface area contributed by atoms with Gasteiger partial charge in [0.1, 0.15) is 0 Å². The maximum atomic E-state index is 11.9. The molecule has 0 aromatic rings. The zero-order chi connectivity index (χ0) is 14.4. The Morgan fingerprint density at radius 2 is 2.00 bits per heavy atom. The lowest BCUT2D eigenvalue weighted by Gasteiger charge is -2.23. The van der Waals surface area contributed by atoms with Crippen LogP contribution in [0.5, 0.6) is 0 Å². The van der Waals surface area contributed by atoms with E-state index in [1.54, 1.807) is 4.90 Å². The Hall–Kier alpha value is -1.30. The van der Waals surface area contributed by atoms with E-state index < -0.39 is 24.6 Å². The quantitative estimate of drug-likeness (QED) is 0.709. The zero-order valence-corrected chi connectivity index (χ0v) is 11.6. The molecule has 0 radical (unpaired) electrons. The number of carboxylic acids is 1. The van der Waals surface area contributed by atoms with E-state index in [1.807, 2.05) is 0 Å². The van der Waals surface area contributed by atoms with Crippen LogP contribution in [0.25, 0.3) is 0 Å². The van der Waals surface area contributed by atoms with E-state index in [2.05, 4.69) is 19.2 Å². The van der Waals surface area contributed by atoms with Crippen LogP contribution in [0.2, 0.25) is 0 Å². The Labute approximate surface area is 113 Å². The molecule has 2 unspecified atom stereocenters. The summed E-state index contributed by atoms with van der Waals surface area (Å²) in [5.41, 5.74) is 0. The van der Waals surface area contributed by atoms with Gasteiger partial charge in [0.25, 0.3) is 0 Å². The van der Waals surface area contributed by atoms with Gasteiger partial charge in [0.15, 0.2) is 6.04 Å². The molecule has 0 aromatic carbocycles. The fourth-order valence-corrected chi connectivity index (χ4v) is 2.42. The number of nitrogens with one attached hydrogen (secondary N) is 1. The number of carbonyl (C=O) groups excluding carboxylic acids is 1. The van der Waals surface area contributed by atoms with Crippen molar-refractivity contribution in [1.82, 2.24) is 10.2 Å². The minimum atomic E-state index is -1.23. The summed E-state index contributed by atoms with van der Waals surface area (Å²) in [7, 11) is 0. The van der Waals surface area contributed by atoms with Gasteiger partial charge in [-0.25, -0.2) is 9.59 Å². The van der Waals surface area contributed by atoms with Crippen molar-refractivity contribution in [3.05, 3.63) is 0 Å². The lowest BCUT2D eigenvalue weighted by Crippen LogP contribution is -2.49. The molecule has 1 rings (SSSR count). The van der Waals surface area contributed by atoms with Crippen molar-refractivity contribution >= 4 is 12.0 Å². The van der Waals surface area contributed by atoms with E-state index in [0.29, 0.717) is 24.9 Å². The number of aliphatic carboxylic acids is 1. The number of urea groups is 1. The molecule has 3 N–H and O–H groups in total. The highest BCUT2D eigenvalue weighted by atomic mass is 16.4. The summed E-state index contributed by atoms with van der Waals surface area (Å²) in [5, 5.41) is 20.0. The Balaban J connectivity index is 2.51. The number of rotatable bonds is 4. The molecule has 6 nitrogen and oxygen atoms in total. The van der Waals surface area contributed by atoms with Crippen LogP contribution in [0.1, 0.15) is 33.1 Å². The predicted molar refractivity (Wildman–Crippen MR) is 70.8 cm³/mol. The van der Waals surface area contributed by atoms with Gasteiger partial charge in [0.05, 0.1) is 6.61 Å². The molecule has 0 aromatic heterocycles. The first kappa shape index (κ1) is 15.8. The molecule has 6 heteroatoms. The second-order valence-corrected chi connectivity index (χ2v) is 5.44. The summed E-state index contributed by atoms with van der Waals surface area (Å²) >= 11 is 0. The predicted octanol–water partition coefficient (Wildman–Crippen LogP) is 0.900. The maximum Gasteiger partial charge on any atom is 0.328 e. The van der Waals surface area contributed by atoms with Crippen LogP contribution in [0.3, 0.4) is 0 Å².